The van der Waals surface area contributed by atoms with E-state index >= 15 is 0 Å². The third-order valence-corrected chi connectivity index (χ3v) is 6.77. The highest BCUT2D eigenvalue weighted by Crippen LogP contribution is 2.44. The van der Waals surface area contributed by atoms with E-state index < -0.39 is 0 Å². The van der Waals surface area contributed by atoms with E-state index in [2.05, 4.69) is 64.8 Å². The van der Waals surface area contributed by atoms with Crippen molar-refractivity contribution in [2.24, 2.45) is 5.92 Å². The maximum Gasteiger partial charge on any atom is 0.0358 e. The number of rotatable bonds is 4. The fourth-order valence-electron chi connectivity index (χ4n) is 5.18. The molecule has 4 heteroatoms. The molecule has 1 heterocycles. The second-order valence-electron chi connectivity index (χ2n) is 8.49. The van der Waals surface area contributed by atoms with E-state index in [1.807, 2.05) is 0 Å². The molecule has 6 rings (SSSR count). The summed E-state index contributed by atoms with van der Waals surface area (Å²) in [4.78, 5) is 2.74. The molecule has 0 spiro atoms. The average Bonchev–Trinajstić information content (AvgIpc) is 3.55. The Hall–Kier alpha value is -1.58. The summed E-state index contributed by atoms with van der Waals surface area (Å²) >= 11 is 0. The summed E-state index contributed by atoms with van der Waals surface area (Å²) in [6, 6.07) is 21.3. The second-order valence-corrected chi connectivity index (χ2v) is 8.49. The van der Waals surface area contributed by atoms with Crippen LogP contribution in [0.2, 0.25) is 0 Å². The van der Waals surface area contributed by atoms with Gasteiger partial charge in [0.1, 0.15) is 0 Å². The molecule has 152 valence electrons. The Morgan fingerprint density at radius 2 is 1.41 bits per heavy atom. The van der Waals surface area contributed by atoms with Crippen LogP contribution in [-0.2, 0) is 0 Å². The van der Waals surface area contributed by atoms with E-state index in [4.69, 9.17) is 0 Å². The van der Waals surface area contributed by atoms with Crippen molar-refractivity contribution in [1.29, 1.82) is 0 Å². The number of nitrogens with one attached hydrogen (secondary N) is 1. The van der Waals surface area contributed by atoms with Crippen molar-refractivity contribution in [2.75, 3.05) is 26.2 Å². The molecule has 1 aliphatic carbocycles. The number of benzene rings is 4. The zero-order valence-corrected chi connectivity index (χ0v) is 18.2. The van der Waals surface area contributed by atoms with Crippen molar-refractivity contribution in [3.8, 4) is 0 Å². The average molecular weight is 427 g/mol. The molecule has 2 fully saturated rings. The molecule has 1 atom stereocenters. The number of halogens is 2. The fraction of sp³-hybridized carbons (Fsp3) is 0.360. The Bertz CT molecular complexity index is 1100. The fourth-order valence-corrected chi connectivity index (χ4v) is 5.18. The van der Waals surface area contributed by atoms with Gasteiger partial charge in [-0.25, -0.2) is 0 Å². The van der Waals surface area contributed by atoms with Crippen molar-refractivity contribution >= 4 is 57.1 Å². The van der Waals surface area contributed by atoms with Crippen LogP contribution in [0.25, 0.3) is 32.3 Å². The second kappa shape index (κ2) is 8.28. The van der Waals surface area contributed by atoms with Gasteiger partial charge in [-0.1, -0.05) is 67.4 Å². The van der Waals surface area contributed by atoms with Gasteiger partial charge in [-0.05, 0) is 50.2 Å². The van der Waals surface area contributed by atoms with Crippen LogP contribution < -0.4 is 5.32 Å². The zero-order chi connectivity index (χ0) is 17.8. The normalized spacial score (nSPS) is 18.6. The van der Waals surface area contributed by atoms with Crippen LogP contribution >= 0.6 is 24.8 Å². The van der Waals surface area contributed by atoms with Crippen molar-refractivity contribution in [1.82, 2.24) is 10.2 Å². The molecule has 0 amide bonds. The predicted molar refractivity (Wildman–Crippen MR) is 129 cm³/mol. The van der Waals surface area contributed by atoms with Crippen LogP contribution in [0.4, 0.5) is 0 Å². The minimum atomic E-state index is 0. The quantitative estimate of drug-likeness (QED) is 0.392. The summed E-state index contributed by atoms with van der Waals surface area (Å²) in [5.74, 6) is 0.934. The highest BCUT2D eigenvalue weighted by molar-refractivity contribution is 6.23. The van der Waals surface area contributed by atoms with Crippen molar-refractivity contribution in [2.45, 2.75) is 25.3 Å². The van der Waals surface area contributed by atoms with Crippen molar-refractivity contribution in [3.63, 3.8) is 0 Å². The monoisotopic (exact) mass is 426 g/mol. The smallest absolute Gasteiger partial charge is 0.0358 e. The van der Waals surface area contributed by atoms with E-state index in [1.165, 1.54) is 64.7 Å². The largest absolute Gasteiger partial charge is 0.314 e. The van der Waals surface area contributed by atoms with Gasteiger partial charge in [0.25, 0.3) is 0 Å². The highest BCUT2D eigenvalue weighted by atomic mass is 35.5. The lowest BCUT2D eigenvalue weighted by atomic mass is 9.88. The van der Waals surface area contributed by atoms with Gasteiger partial charge in [-0.3, -0.25) is 4.90 Å². The van der Waals surface area contributed by atoms with Gasteiger partial charge in [-0.2, -0.15) is 0 Å². The highest BCUT2D eigenvalue weighted by Gasteiger charge is 2.31. The van der Waals surface area contributed by atoms with Gasteiger partial charge in [-0.15, -0.1) is 24.8 Å². The Labute approximate surface area is 184 Å². The van der Waals surface area contributed by atoms with Crippen LogP contribution in [0.5, 0.6) is 0 Å². The first-order valence-corrected chi connectivity index (χ1v) is 10.5. The number of hydrogen-bond acceptors (Lipinski definition) is 2. The van der Waals surface area contributed by atoms with E-state index in [1.54, 1.807) is 5.56 Å². The van der Waals surface area contributed by atoms with Crippen molar-refractivity contribution in [3.05, 3.63) is 60.2 Å². The molecular formula is C25H28Cl2N2. The lowest BCUT2D eigenvalue weighted by Crippen LogP contribution is -2.45. The molecule has 4 aromatic rings. The molecule has 1 aliphatic heterocycles. The van der Waals surface area contributed by atoms with Crippen LogP contribution in [0.1, 0.15) is 30.9 Å². The molecule has 0 bridgehead atoms. The molecule has 0 unspecified atom stereocenters. The third kappa shape index (κ3) is 3.57. The topological polar surface area (TPSA) is 15.3 Å². The maximum absolute atomic E-state index is 3.53. The molecule has 2 nitrogen and oxygen atoms in total. The lowest BCUT2D eigenvalue weighted by Gasteiger charge is -2.36. The van der Waals surface area contributed by atoms with Crippen LogP contribution in [0.15, 0.2) is 54.6 Å². The molecule has 4 aromatic carbocycles. The minimum absolute atomic E-state index is 0. The molecule has 0 aromatic heterocycles. The Morgan fingerprint density at radius 1 is 0.793 bits per heavy atom. The minimum Gasteiger partial charge on any atom is -0.314 e. The van der Waals surface area contributed by atoms with Gasteiger partial charge in [0, 0.05) is 32.2 Å². The standard InChI is InChI=1S/C25H26N2.2ClH/c1-2-18-6-7-20-8-10-21(22-11-9-19(3-1)24(18)25(20)22)23(16-17-4-5-17)27-14-12-26-13-15-27;;/h1-3,6-11,17,23,26H,4-5,12-16H2;2*1H/t23-;;/m1../s1. The summed E-state index contributed by atoms with van der Waals surface area (Å²) in [6.07, 6.45) is 4.17. The molecule has 0 radical (unpaired) electrons. The first-order valence-electron chi connectivity index (χ1n) is 10.5. The predicted octanol–water partition coefficient (Wildman–Crippen LogP) is 6.17. The molecule has 1 saturated carbocycles. The van der Waals surface area contributed by atoms with Gasteiger partial charge >= 0.3 is 0 Å². The maximum atomic E-state index is 3.53. The first kappa shape index (κ1) is 20.7. The van der Waals surface area contributed by atoms with Gasteiger partial charge in [0.2, 0.25) is 0 Å². The Kier molecular flexibility index (Phi) is 5.90. The number of nitrogens with zero attached hydrogens (tertiary/aromatic N) is 1. The van der Waals surface area contributed by atoms with Crippen molar-refractivity contribution < 1.29 is 0 Å². The van der Waals surface area contributed by atoms with Crippen LogP contribution in [-0.4, -0.2) is 31.1 Å². The molecular weight excluding hydrogens is 399 g/mol. The zero-order valence-electron chi connectivity index (χ0n) is 16.6. The summed E-state index contributed by atoms with van der Waals surface area (Å²) < 4.78 is 0. The Morgan fingerprint density at radius 3 is 2.10 bits per heavy atom. The lowest BCUT2D eigenvalue weighted by molar-refractivity contribution is 0.161. The summed E-state index contributed by atoms with van der Waals surface area (Å²) in [5.41, 5.74) is 1.55. The molecule has 1 N–H and O–H groups in total. The van der Waals surface area contributed by atoms with E-state index in [0.29, 0.717) is 6.04 Å². The molecule has 2 aliphatic rings. The molecule has 29 heavy (non-hydrogen) atoms. The van der Waals surface area contributed by atoms with Gasteiger partial charge in [0.05, 0.1) is 0 Å². The Balaban J connectivity index is 0.00000102. The van der Waals surface area contributed by atoms with E-state index in [-0.39, 0.29) is 24.8 Å². The van der Waals surface area contributed by atoms with Gasteiger partial charge < -0.3 is 5.32 Å². The number of hydrogen-bond donors (Lipinski definition) is 1. The summed E-state index contributed by atoms with van der Waals surface area (Å²) in [7, 11) is 0. The SMILES string of the molecule is Cl.Cl.c1cc2ccc3ccc([C@@H](CC4CC4)N4CCNCC4)c4ccc(c1)c2c34. The number of piperazine rings is 1. The van der Waals surface area contributed by atoms with Crippen LogP contribution in [0.3, 0.4) is 0 Å². The van der Waals surface area contributed by atoms with Crippen LogP contribution in [0, 0.1) is 5.92 Å². The summed E-state index contributed by atoms with van der Waals surface area (Å²) in [5, 5.41) is 12.0. The molecule has 1 saturated heterocycles. The van der Waals surface area contributed by atoms with E-state index in [0.717, 1.165) is 19.0 Å². The summed E-state index contributed by atoms with van der Waals surface area (Å²) in [6.45, 7) is 4.57. The third-order valence-electron chi connectivity index (χ3n) is 6.77. The van der Waals surface area contributed by atoms with Gasteiger partial charge in [0.15, 0.2) is 0 Å². The first-order chi connectivity index (χ1) is 13.4. The van der Waals surface area contributed by atoms with E-state index in [9.17, 15) is 0 Å².